The predicted octanol–water partition coefficient (Wildman–Crippen LogP) is 10.7. The highest BCUT2D eigenvalue weighted by Gasteiger charge is 2.65. The molecule has 3 aromatic rings. The summed E-state index contributed by atoms with van der Waals surface area (Å²) in [7, 11) is 0. The van der Waals surface area contributed by atoms with E-state index in [1.165, 1.54) is 64.8 Å². The molecule has 3 heterocycles. The van der Waals surface area contributed by atoms with E-state index in [0.29, 0.717) is 47.4 Å². The number of fused-ring (bicyclic) bond motifs is 14. The Morgan fingerprint density at radius 3 is 2.65 bits per heavy atom. The summed E-state index contributed by atoms with van der Waals surface area (Å²) in [5, 5.41) is 24.8. The molecule has 8 aliphatic rings. The quantitative estimate of drug-likeness (QED) is 0.207. The van der Waals surface area contributed by atoms with Crippen molar-refractivity contribution in [2.75, 3.05) is 6.61 Å². The van der Waals surface area contributed by atoms with E-state index in [-0.39, 0.29) is 6.10 Å². The first kappa shape index (κ1) is 35.1. The summed E-state index contributed by atoms with van der Waals surface area (Å²) >= 11 is 0. The molecule has 0 amide bonds. The van der Waals surface area contributed by atoms with Gasteiger partial charge in [-0.25, -0.2) is 0 Å². The van der Waals surface area contributed by atoms with Crippen LogP contribution in [-0.4, -0.2) is 40.9 Å². The van der Waals surface area contributed by atoms with Crippen LogP contribution >= 0.6 is 0 Å². The van der Waals surface area contributed by atoms with Crippen molar-refractivity contribution in [2.24, 2.45) is 46.3 Å². The molecule has 1 spiro atoms. The Balaban J connectivity index is 0.000000136. The highest BCUT2D eigenvalue weighted by atomic mass is 16.7. The molecule has 4 fully saturated rings. The number of benzene rings is 3. The largest absolute Gasteiger partial charge is 0.456 e. The van der Waals surface area contributed by atoms with E-state index in [1.807, 2.05) is 6.08 Å². The van der Waals surface area contributed by atoms with Gasteiger partial charge < -0.3 is 24.4 Å². The van der Waals surface area contributed by atoms with Crippen molar-refractivity contribution < 1.29 is 24.4 Å². The minimum Gasteiger partial charge on any atom is -0.456 e. The van der Waals surface area contributed by atoms with Crippen LogP contribution in [0.5, 0.6) is 0 Å². The van der Waals surface area contributed by atoms with Crippen molar-refractivity contribution in [3.63, 3.8) is 0 Å². The van der Waals surface area contributed by atoms with Crippen LogP contribution in [0.25, 0.3) is 33.2 Å². The number of ether oxygens (including phenoxy) is 3. The molecule has 5 heteroatoms. The van der Waals surface area contributed by atoms with Gasteiger partial charge in [-0.1, -0.05) is 87.9 Å². The molecule has 3 aliphatic heterocycles. The van der Waals surface area contributed by atoms with E-state index in [1.54, 1.807) is 11.8 Å². The van der Waals surface area contributed by atoms with Crippen molar-refractivity contribution in [1.82, 2.24) is 0 Å². The molecule has 3 saturated carbocycles. The third-order valence-corrected chi connectivity index (χ3v) is 16.1. The maximum absolute atomic E-state index is 10.2. The molecular weight excluding hydrogens is 669 g/mol. The topological polar surface area (TPSA) is 68.2 Å². The number of aliphatic hydroxyl groups is 2. The van der Waals surface area contributed by atoms with Gasteiger partial charge in [0.25, 0.3) is 5.79 Å². The summed E-state index contributed by atoms with van der Waals surface area (Å²) in [5.41, 5.74) is 5.98. The van der Waals surface area contributed by atoms with Crippen LogP contribution in [0.3, 0.4) is 0 Å². The van der Waals surface area contributed by atoms with Crippen LogP contribution < -0.4 is 0 Å². The van der Waals surface area contributed by atoms with Crippen LogP contribution in [0.4, 0.5) is 0 Å². The van der Waals surface area contributed by atoms with Crippen molar-refractivity contribution in [2.45, 2.75) is 116 Å². The van der Waals surface area contributed by atoms with Crippen LogP contribution in [0.15, 0.2) is 84.4 Å². The molecule has 3 aromatic carbocycles. The molecule has 11 rings (SSSR count). The molecule has 5 aliphatic carbocycles. The molecule has 0 radical (unpaired) electrons. The Morgan fingerprint density at radius 1 is 0.963 bits per heavy atom. The van der Waals surface area contributed by atoms with Gasteiger partial charge in [-0.2, -0.15) is 0 Å². The molecule has 0 bridgehead atoms. The van der Waals surface area contributed by atoms with Gasteiger partial charge in [-0.05, 0) is 149 Å². The van der Waals surface area contributed by atoms with Crippen LogP contribution in [0.2, 0.25) is 0 Å². The molecule has 1 saturated heterocycles. The van der Waals surface area contributed by atoms with Crippen LogP contribution in [0.1, 0.15) is 103 Å². The van der Waals surface area contributed by atoms with E-state index in [9.17, 15) is 10.2 Å². The minimum atomic E-state index is -0.614. The van der Waals surface area contributed by atoms with Gasteiger partial charge in [-0.3, -0.25) is 0 Å². The third-order valence-electron chi connectivity index (χ3n) is 16.1. The average molecular weight is 727 g/mol. The van der Waals surface area contributed by atoms with E-state index in [4.69, 9.17) is 14.2 Å². The normalized spacial score (nSPS) is 39.9. The lowest BCUT2D eigenvalue weighted by Gasteiger charge is -2.58. The second-order valence-corrected chi connectivity index (χ2v) is 19.0. The zero-order valence-electron chi connectivity index (χ0n) is 32.6. The monoisotopic (exact) mass is 726 g/mol. The van der Waals surface area contributed by atoms with Crippen LogP contribution in [0, 0.1) is 46.3 Å². The average Bonchev–Trinajstić information content (AvgIpc) is 3.99. The molecular formula is C49H58O5. The van der Waals surface area contributed by atoms with Gasteiger partial charge in [0.05, 0.1) is 31.0 Å². The van der Waals surface area contributed by atoms with Gasteiger partial charge in [-0.15, -0.1) is 0 Å². The SMILES string of the molecule is C1=COC2(C=C3C(=Cc4c3ccc3c4ccc4ccccc43)O2)C1.CC(CO)CCC1O[C@H]2C[C@H]3[C@@H]4CC=C5CC(O)CC[C@]5(C)[C@H]4CC[C@]3(C)[C@H]2[C@@H]1C. The van der Waals surface area contributed by atoms with Gasteiger partial charge in [0.1, 0.15) is 5.76 Å². The van der Waals surface area contributed by atoms with E-state index in [0.717, 1.165) is 61.2 Å². The lowest BCUT2D eigenvalue weighted by molar-refractivity contribution is -0.114. The Morgan fingerprint density at radius 2 is 1.81 bits per heavy atom. The van der Waals surface area contributed by atoms with Gasteiger partial charge in [0, 0.05) is 18.3 Å². The maximum atomic E-state index is 10.2. The fourth-order valence-electron chi connectivity index (χ4n) is 13.3. The maximum Gasteiger partial charge on any atom is 0.274 e. The zero-order chi connectivity index (χ0) is 37.0. The molecule has 0 aromatic heterocycles. The van der Waals surface area contributed by atoms with E-state index in [2.05, 4.69) is 94.5 Å². The Kier molecular flexibility index (Phi) is 8.33. The second kappa shape index (κ2) is 12.8. The van der Waals surface area contributed by atoms with Crippen molar-refractivity contribution >= 4 is 33.2 Å². The fourth-order valence-corrected chi connectivity index (χ4v) is 13.3. The lowest BCUT2D eigenvalue weighted by atomic mass is 9.47. The Bertz CT molecular complexity index is 2100. The Labute approximate surface area is 321 Å². The first-order valence-electron chi connectivity index (χ1n) is 21.2. The molecule has 4 unspecified atom stereocenters. The molecule has 54 heavy (non-hydrogen) atoms. The molecule has 5 nitrogen and oxygen atoms in total. The summed E-state index contributed by atoms with van der Waals surface area (Å²) in [5.74, 6) is 4.46. The standard InChI is InChI=1S/C27H44O3.C22H14O2/c1-16(15-28)5-8-23-17(2)25-24(30-23)14-22-20-7-6-18-13-19(29)9-11-26(18,3)21(20)10-12-27(22,25)4;1-2-5-15-14(4-1)6-7-17-16(15)8-9-18-19(17)12-21-20(18)13-22(24-21)10-3-11-23-22/h6,16-17,19-25,28-29H,5,7-15H2,1-4H3;1-9,11-13H,10H2/t16?,17-,19?,20-,21+,22+,23?,24+,25+,26+,27+;/m1./s1. The zero-order valence-corrected chi connectivity index (χ0v) is 32.6. The number of hydrogen-bond acceptors (Lipinski definition) is 5. The van der Waals surface area contributed by atoms with Crippen molar-refractivity contribution in [3.8, 4) is 0 Å². The summed E-state index contributed by atoms with van der Waals surface area (Å²) in [6.07, 6.45) is 22.5. The molecule has 12 atom stereocenters. The summed E-state index contributed by atoms with van der Waals surface area (Å²) in [6, 6.07) is 17.4. The lowest BCUT2D eigenvalue weighted by Crippen LogP contribution is -2.51. The second-order valence-electron chi connectivity index (χ2n) is 19.0. The number of rotatable bonds is 4. The van der Waals surface area contributed by atoms with Gasteiger partial charge in [0.15, 0.2) is 0 Å². The molecule has 284 valence electrons. The van der Waals surface area contributed by atoms with E-state index < -0.39 is 5.79 Å². The number of aliphatic hydroxyl groups excluding tert-OH is 2. The predicted molar refractivity (Wildman–Crippen MR) is 216 cm³/mol. The van der Waals surface area contributed by atoms with E-state index >= 15 is 0 Å². The fraction of sp³-hybridized carbons (Fsp3) is 0.551. The minimum absolute atomic E-state index is 0.111. The third kappa shape index (κ3) is 5.27. The first-order valence-corrected chi connectivity index (χ1v) is 21.2. The number of hydrogen-bond donors (Lipinski definition) is 2. The van der Waals surface area contributed by atoms with Gasteiger partial charge >= 0.3 is 0 Å². The molecule has 2 N–H and O–H groups in total. The van der Waals surface area contributed by atoms with Gasteiger partial charge in [0.2, 0.25) is 0 Å². The summed E-state index contributed by atoms with van der Waals surface area (Å²) in [6.45, 7) is 10.0. The highest BCUT2D eigenvalue weighted by molar-refractivity contribution is 6.13. The van der Waals surface area contributed by atoms with Crippen molar-refractivity contribution in [1.29, 1.82) is 0 Å². The van der Waals surface area contributed by atoms with Crippen LogP contribution in [-0.2, 0) is 14.2 Å². The Hall–Kier alpha value is -3.38. The highest BCUT2D eigenvalue weighted by Crippen LogP contribution is 2.69. The van der Waals surface area contributed by atoms with Crippen molar-refractivity contribution in [3.05, 3.63) is 95.5 Å². The summed E-state index contributed by atoms with van der Waals surface area (Å²) < 4.78 is 18.6. The smallest absolute Gasteiger partial charge is 0.274 e. The summed E-state index contributed by atoms with van der Waals surface area (Å²) in [4.78, 5) is 0. The first-order chi connectivity index (χ1) is 26.1. The number of allylic oxidation sites excluding steroid dienone is 2.